The fourth-order valence-electron chi connectivity index (χ4n) is 4.65. The lowest BCUT2D eigenvalue weighted by molar-refractivity contribution is 0.560. The van der Waals surface area contributed by atoms with Crippen LogP contribution < -0.4 is 22.2 Å². The van der Waals surface area contributed by atoms with E-state index in [1.54, 1.807) is 0 Å². The van der Waals surface area contributed by atoms with Gasteiger partial charge in [-0.25, -0.2) is 0 Å². The molecule has 4 rings (SSSR count). The van der Waals surface area contributed by atoms with E-state index in [0.29, 0.717) is 45.5 Å². The summed E-state index contributed by atoms with van der Waals surface area (Å²) in [5.41, 5.74) is -0.609. The number of benzene rings is 1. The van der Waals surface area contributed by atoms with Crippen molar-refractivity contribution in [1.29, 1.82) is 0 Å². The zero-order valence-corrected chi connectivity index (χ0v) is 15.4. The molecule has 142 valence electrons. The van der Waals surface area contributed by atoms with Gasteiger partial charge in [-0.1, -0.05) is 44.9 Å². The molecule has 0 spiro atoms. The van der Waals surface area contributed by atoms with Gasteiger partial charge in [-0.3, -0.25) is 29.1 Å². The standard InChI is InChI=1S/C21H24N2O4/c24-18-14-12-10-8-6-4-2-1-3-5-7-9-11-13(16(14)20(26)22-18)17-15(12)19(25)23-21(17)27/h1-11H2,(H,22,24,26)(H,23,25,27). The maximum atomic E-state index is 12.5. The molecule has 6 heteroatoms. The first kappa shape index (κ1) is 17.9. The molecule has 1 aliphatic carbocycles. The van der Waals surface area contributed by atoms with Crippen molar-refractivity contribution >= 4 is 21.5 Å². The predicted octanol–water partition coefficient (Wildman–Crippen LogP) is 2.58. The minimum Gasteiger partial charge on any atom is -0.288 e. The Balaban J connectivity index is 2.03. The van der Waals surface area contributed by atoms with Gasteiger partial charge in [-0.2, -0.15) is 0 Å². The Morgan fingerprint density at radius 3 is 0.963 bits per heavy atom. The van der Waals surface area contributed by atoms with Crippen molar-refractivity contribution in [3.8, 4) is 0 Å². The summed E-state index contributed by atoms with van der Waals surface area (Å²) in [6.45, 7) is 0. The average molecular weight is 368 g/mol. The maximum Gasteiger partial charge on any atom is 0.259 e. The summed E-state index contributed by atoms with van der Waals surface area (Å²) in [5, 5.41) is 1.31. The molecular weight excluding hydrogens is 344 g/mol. The molecule has 2 heterocycles. The minimum absolute atomic E-state index is 0.327. The predicted molar refractivity (Wildman–Crippen MR) is 107 cm³/mol. The number of fused-ring (bicyclic) bond motifs is 3. The third-order valence-electron chi connectivity index (χ3n) is 5.92. The van der Waals surface area contributed by atoms with Gasteiger partial charge >= 0.3 is 0 Å². The van der Waals surface area contributed by atoms with Crippen LogP contribution >= 0.6 is 0 Å². The molecule has 0 unspecified atom stereocenters. The van der Waals surface area contributed by atoms with Crippen molar-refractivity contribution in [2.24, 2.45) is 0 Å². The van der Waals surface area contributed by atoms with Crippen molar-refractivity contribution < 1.29 is 0 Å². The van der Waals surface area contributed by atoms with Crippen LogP contribution in [0, 0.1) is 0 Å². The molecular formula is C21H24N2O4. The molecule has 2 N–H and O–H groups in total. The fraction of sp³-hybridized carbons (Fsp3) is 0.524. The van der Waals surface area contributed by atoms with E-state index in [4.69, 9.17) is 0 Å². The van der Waals surface area contributed by atoms with Crippen molar-refractivity contribution in [2.75, 3.05) is 0 Å². The number of nitrogens with one attached hydrogen (secondary N) is 2. The van der Waals surface area contributed by atoms with Crippen LogP contribution in [0.3, 0.4) is 0 Å². The number of hydrogen-bond acceptors (Lipinski definition) is 4. The summed E-state index contributed by atoms with van der Waals surface area (Å²) < 4.78 is 0. The van der Waals surface area contributed by atoms with Crippen LogP contribution in [0.25, 0.3) is 21.5 Å². The highest BCUT2D eigenvalue weighted by molar-refractivity contribution is 6.05. The summed E-state index contributed by atoms with van der Waals surface area (Å²) in [6.07, 6.45) is 10.6. The molecule has 1 aliphatic rings. The van der Waals surface area contributed by atoms with Gasteiger partial charge < -0.3 is 0 Å². The quantitative estimate of drug-likeness (QED) is 0.637. The lowest BCUT2D eigenvalue weighted by Crippen LogP contribution is -2.08. The number of aromatic nitrogens is 2. The van der Waals surface area contributed by atoms with Crippen molar-refractivity contribution in [3.05, 3.63) is 52.5 Å². The molecule has 0 saturated heterocycles. The second kappa shape index (κ2) is 7.25. The first-order valence-corrected chi connectivity index (χ1v) is 10.0. The minimum atomic E-state index is -0.439. The van der Waals surface area contributed by atoms with Crippen molar-refractivity contribution in [2.45, 2.75) is 70.6 Å². The van der Waals surface area contributed by atoms with E-state index in [1.165, 1.54) is 19.3 Å². The summed E-state index contributed by atoms with van der Waals surface area (Å²) in [4.78, 5) is 54.8. The molecule has 1 aromatic carbocycles. The Morgan fingerprint density at radius 1 is 0.407 bits per heavy atom. The Labute approximate surface area is 155 Å². The lowest BCUT2D eigenvalue weighted by Gasteiger charge is -2.09. The van der Waals surface area contributed by atoms with Crippen molar-refractivity contribution in [1.82, 2.24) is 9.97 Å². The number of aryl methyl sites for hydroxylation is 2. The molecule has 2 bridgehead atoms. The zero-order valence-electron chi connectivity index (χ0n) is 15.4. The van der Waals surface area contributed by atoms with Crippen LogP contribution in [-0.4, -0.2) is 9.97 Å². The lowest BCUT2D eigenvalue weighted by atomic mass is 9.91. The van der Waals surface area contributed by atoms with Gasteiger partial charge in [0.15, 0.2) is 0 Å². The molecule has 0 saturated carbocycles. The maximum absolute atomic E-state index is 12.5. The first-order valence-electron chi connectivity index (χ1n) is 10.0. The highest BCUT2D eigenvalue weighted by atomic mass is 16.2. The van der Waals surface area contributed by atoms with Crippen LogP contribution in [0.1, 0.15) is 68.9 Å². The van der Waals surface area contributed by atoms with E-state index in [-0.39, 0.29) is 0 Å². The van der Waals surface area contributed by atoms with Crippen LogP contribution in [0.15, 0.2) is 19.2 Å². The first-order chi connectivity index (χ1) is 13.1. The van der Waals surface area contributed by atoms with E-state index >= 15 is 0 Å². The third kappa shape index (κ3) is 3.07. The van der Waals surface area contributed by atoms with Gasteiger partial charge in [0, 0.05) is 0 Å². The molecule has 0 radical (unpaired) electrons. The highest BCUT2D eigenvalue weighted by Crippen LogP contribution is 2.29. The molecule has 0 aliphatic heterocycles. The Kier molecular flexibility index (Phi) is 4.81. The number of aromatic amines is 2. The average Bonchev–Trinajstić information content (AvgIpc) is 3.09. The number of rotatable bonds is 0. The largest absolute Gasteiger partial charge is 0.288 e. The zero-order chi connectivity index (χ0) is 19.0. The van der Waals surface area contributed by atoms with Crippen molar-refractivity contribution in [3.63, 3.8) is 0 Å². The van der Waals surface area contributed by atoms with Gasteiger partial charge in [0.2, 0.25) is 0 Å². The molecule has 0 amide bonds. The topological polar surface area (TPSA) is 99.9 Å². The van der Waals surface area contributed by atoms with E-state index in [1.807, 2.05) is 0 Å². The van der Waals surface area contributed by atoms with Crippen LogP contribution in [0.4, 0.5) is 0 Å². The van der Waals surface area contributed by atoms with E-state index < -0.39 is 22.2 Å². The monoisotopic (exact) mass is 368 g/mol. The fourth-order valence-corrected chi connectivity index (χ4v) is 4.65. The number of H-pyrrole nitrogens is 2. The second-order valence-corrected chi connectivity index (χ2v) is 7.71. The summed E-state index contributed by atoms with van der Waals surface area (Å²) in [6, 6.07) is 0. The highest BCUT2D eigenvalue weighted by Gasteiger charge is 2.24. The molecule has 27 heavy (non-hydrogen) atoms. The molecule has 0 fully saturated rings. The van der Waals surface area contributed by atoms with Crippen LogP contribution in [0.5, 0.6) is 0 Å². The van der Waals surface area contributed by atoms with Gasteiger partial charge in [0.1, 0.15) is 0 Å². The van der Waals surface area contributed by atoms with E-state index in [2.05, 4.69) is 9.97 Å². The van der Waals surface area contributed by atoms with Crippen LogP contribution in [0.2, 0.25) is 0 Å². The summed E-state index contributed by atoms with van der Waals surface area (Å²) in [5.74, 6) is 0. The van der Waals surface area contributed by atoms with Gasteiger partial charge in [0.05, 0.1) is 21.5 Å². The van der Waals surface area contributed by atoms with Crippen LogP contribution in [-0.2, 0) is 12.8 Å². The van der Waals surface area contributed by atoms with E-state index in [0.717, 1.165) is 38.5 Å². The van der Waals surface area contributed by atoms with Gasteiger partial charge in [-0.05, 0) is 36.8 Å². The normalized spacial score (nSPS) is 17.3. The van der Waals surface area contributed by atoms with Gasteiger partial charge in [0.25, 0.3) is 22.2 Å². The van der Waals surface area contributed by atoms with E-state index in [9.17, 15) is 19.2 Å². The molecule has 3 aromatic rings. The second-order valence-electron chi connectivity index (χ2n) is 7.71. The summed E-state index contributed by atoms with van der Waals surface area (Å²) in [7, 11) is 0. The Hall–Kier alpha value is -2.50. The summed E-state index contributed by atoms with van der Waals surface area (Å²) >= 11 is 0. The molecule has 2 aromatic heterocycles. The molecule has 0 atom stereocenters. The SMILES string of the molecule is O=c1[nH]c(=O)c2c3c4c(=O)[nH]c(=O)c4c(c12)CCCCCCCCCCC3. The third-order valence-corrected chi connectivity index (χ3v) is 5.92. The number of hydrogen-bond donors (Lipinski definition) is 2. The Morgan fingerprint density at radius 2 is 0.667 bits per heavy atom. The smallest absolute Gasteiger partial charge is 0.259 e. The van der Waals surface area contributed by atoms with Gasteiger partial charge in [-0.15, -0.1) is 0 Å². The Bertz CT molecular complexity index is 1020. The molecule has 6 nitrogen and oxygen atoms in total.